The molecule has 0 unspecified atom stereocenters. The van der Waals surface area contributed by atoms with Crippen molar-refractivity contribution in [1.82, 2.24) is 5.32 Å². The summed E-state index contributed by atoms with van der Waals surface area (Å²) in [5.41, 5.74) is 0. The first-order valence-electron chi connectivity index (χ1n) is 4.95. The highest BCUT2D eigenvalue weighted by Gasteiger charge is 2.07. The molecule has 17 heavy (non-hydrogen) atoms. The van der Waals surface area contributed by atoms with Gasteiger partial charge < -0.3 is 19.9 Å². The molecule has 0 aliphatic carbocycles. The number of aliphatic hydroxyl groups is 1. The Labute approximate surface area is 98.4 Å². The van der Waals surface area contributed by atoms with Gasteiger partial charge in [-0.15, -0.1) is 0 Å². The van der Waals surface area contributed by atoms with E-state index in [0.717, 1.165) is 12.2 Å². The maximum absolute atomic E-state index is 11.0. The van der Waals surface area contributed by atoms with Gasteiger partial charge >= 0.3 is 18.0 Å². The lowest BCUT2D eigenvalue weighted by Gasteiger charge is -2.04. The van der Waals surface area contributed by atoms with Gasteiger partial charge in [0.05, 0.1) is 12.7 Å². The summed E-state index contributed by atoms with van der Waals surface area (Å²) in [4.78, 5) is 32.8. The number of carbonyl (C=O) groups excluding carboxylic acids is 3. The summed E-state index contributed by atoms with van der Waals surface area (Å²) >= 11 is 0. The molecule has 0 saturated heterocycles. The van der Waals surface area contributed by atoms with Gasteiger partial charge in [0.2, 0.25) is 0 Å². The summed E-state index contributed by atoms with van der Waals surface area (Å²) in [6.45, 7) is 3.03. The predicted octanol–water partition coefficient (Wildman–Crippen LogP) is -0.261. The van der Waals surface area contributed by atoms with Crippen molar-refractivity contribution in [2.24, 2.45) is 0 Å². The van der Waals surface area contributed by atoms with E-state index in [0.29, 0.717) is 0 Å². The van der Waals surface area contributed by atoms with Gasteiger partial charge in [0.25, 0.3) is 0 Å². The first kappa shape index (κ1) is 15.1. The van der Waals surface area contributed by atoms with Crippen LogP contribution in [0.3, 0.4) is 0 Å². The average Bonchev–Trinajstić information content (AvgIpc) is 2.22. The molecule has 0 saturated carbocycles. The Bertz CT molecular complexity index is 310. The highest BCUT2D eigenvalue weighted by Crippen LogP contribution is 1.91. The Morgan fingerprint density at radius 3 is 2.35 bits per heavy atom. The summed E-state index contributed by atoms with van der Waals surface area (Å²) in [5.74, 6) is -1.70. The molecule has 7 heteroatoms. The SMILES string of the molecule is CC(C)OC(=O)C=CC(=O)OC(=O)NCCO. The monoisotopic (exact) mass is 245 g/mol. The predicted molar refractivity (Wildman–Crippen MR) is 56.9 cm³/mol. The van der Waals surface area contributed by atoms with Gasteiger partial charge in [0.15, 0.2) is 0 Å². The van der Waals surface area contributed by atoms with Crippen molar-refractivity contribution >= 4 is 18.0 Å². The number of amides is 1. The van der Waals surface area contributed by atoms with Crippen molar-refractivity contribution in [3.63, 3.8) is 0 Å². The van der Waals surface area contributed by atoms with E-state index < -0.39 is 18.0 Å². The summed E-state index contributed by atoms with van der Waals surface area (Å²) < 4.78 is 8.92. The third-order valence-corrected chi connectivity index (χ3v) is 1.28. The number of esters is 2. The molecular weight excluding hydrogens is 230 g/mol. The molecule has 7 nitrogen and oxygen atoms in total. The van der Waals surface area contributed by atoms with Crippen LogP contribution >= 0.6 is 0 Å². The van der Waals surface area contributed by atoms with Crippen molar-refractivity contribution in [2.45, 2.75) is 20.0 Å². The van der Waals surface area contributed by atoms with Crippen LogP contribution in [0.15, 0.2) is 12.2 Å². The van der Waals surface area contributed by atoms with Gasteiger partial charge in [-0.25, -0.2) is 14.4 Å². The fourth-order valence-corrected chi connectivity index (χ4v) is 0.727. The molecule has 0 heterocycles. The Balaban J connectivity index is 3.96. The standard InChI is InChI=1S/C10H15NO6/c1-7(2)16-8(13)3-4-9(14)17-10(15)11-5-6-12/h3-4,7,12H,5-6H2,1-2H3,(H,11,15). The minimum absolute atomic E-state index is 0.0226. The molecule has 0 bridgehead atoms. The van der Waals surface area contributed by atoms with E-state index in [9.17, 15) is 14.4 Å². The van der Waals surface area contributed by atoms with Crippen LogP contribution in [-0.4, -0.2) is 42.4 Å². The highest BCUT2D eigenvalue weighted by atomic mass is 16.6. The number of hydrogen-bond acceptors (Lipinski definition) is 6. The van der Waals surface area contributed by atoms with E-state index in [1.54, 1.807) is 13.8 Å². The lowest BCUT2D eigenvalue weighted by Crippen LogP contribution is -2.28. The van der Waals surface area contributed by atoms with Gasteiger partial charge in [-0.1, -0.05) is 0 Å². The van der Waals surface area contributed by atoms with Crippen molar-refractivity contribution in [3.8, 4) is 0 Å². The molecule has 0 spiro atoms. The molecule has 0 aliphatic rings. The number of rotatable bonds is 5. The quantitative estimate of drug-likeness (QED) is 0.393. The van der Waals surface area contributed by atoms with Gasteiger partial charge in [0, 0.05) is 18.7 Å². The second-order valence-corrected chi connectivity index (χ2v) is 3.18. The van der Waals surface area contributed by atoms with Crippen molar-refractivity contribution in [3.05, 3.63) is 12.2 Å². The van der Waals surface area contributed by atoms with Crippen LogP contribution in [-0.2, 0) is 19.1 Å². The van der Waals surface area contributed by atoms with Crippen molar-refractivity contribution in [2.75, 3.05) is 13.2 Å². The Hall–Kier alpha value is -1.89. The molecule has 1 amide bonds. The number of hydrogen-bond donors (Lipinski definition) is 2. The number of aliphatic hydroxyl groups excluding tert-OH is 1. The molecule has 0 radical (unpaired) electrons. The van der Waals surface area contributed by atoms with E-state index in [2.05, 4.69) is 10.1 Å². The first-order chi connectivity index (χ1) is 7.95. The van der Waals surface area contributed by atoms with Crippen molar-refractivity contribution < 1.29 is 29.0 Å². The van der Waals surface area contributed by atoms with Crippen LogP contribution < -0.4 is 5.32 Å². The maximum Gasteiger partial charge on any atom is 0.415 e. The summed E-state index contributed by atoms with van der Waals surface area (Å²) in [7, 11) is 0. The molecule has 0 rings (SSSR count). The van der Waals surface area contributed by atoms with Gasteiger partial charge in [0.1, 0.15) is 0 Å². The number of alkyl carbamates (subject to hydrolysis) is 1. The zero-order valence-corrected chi connectivity index (χ0v) is 9.63. The maximum atomic E-state index is 11.0. The van der Waals surface area contributed by atoms with Gasteiger partial charge in [-0.2, -0.15) is 0 Å². The van der Waals surface area contributed by atoms with Crippen LogP contribution in [0.25, 0.3) is 0 Å². The van der Waals surface area contributed by atoms with Crippen LogP contribution in [0, 0.1) is 0 Å². The van der Waals surface area contributed by atoms with Crippen LogP contribution in [0.4, 0.5) is 4.79 Å². The van der Waals surface area contributed by atoms with Crippen LogP contribution in [0.1, 0.15) is 13.8 Å². The summed E-state index contributed by atoms with van der Waals surface area (Å²) in [6.07, 6.45) is 0.354. The fourth-order valence-electron chi connectivity index (χ4n) is 0.727. The van der Waals surface area contributed by atoms with E-state index in [4.69, 9.17) is 9.84 Å². The van der Waals surface area contributed by atoms with E-state index >= 15 is 0 Å². The zero-order valence-electron chi connectivity index (χ0n) is 9.63. The number of nitrogens with one attached hydrogen (secondary N) is 1. The topological polar surface area (TPSA) is 102 Å². The number of ether oxygens (including phenoxy) is 2. The highest BCUT2D eigenvalue weighted by molar-refractivity contribution is 5.96. The van der Waals surface area contributed by atoms with Crippen LogP contribution in [0.2, 0.25) is 0 Å². The minimum Gasteiger partial charge on any atom is -0.460 e. The summed E-state index contributed by atoms with van der Waals surface area (Å²) in [6, 6.07) is 0. The summed E-state index contributed by atoms with van der Waals surface area (Å²) in [5, 5.41) is 10.5. The molecular formula is C10H15NO6. The third kappa shape index (κ3) is 9.06. The molecule has 0 atom stereocenters. The Morgan fingerprint density at radius 2 is 1.82 bits per heavy atom. The second kappa shape index (κ2) is 8.28. The van der Waals surface area contributed by atoms with E-state index in [1.807, 2.05) is 0 Å². The second-order valence-electron chi connectivity index (χ2n) is 3.18. The lowest BCUT2D eigenvalue weighted by molar-refractivity contribution is -0.142. The molecule has 0 aliphatic heterocycles. The van der Waals surface area contributed by atoms with E-state index in [-0.39, 0.29) is 19.3 Å². The van der Waals surface area contributed by atoms with E-state index in [1.165, 1.54) is 0 Å². The molecule has 2 N–H and O–H groups in total. The molecule has 96 valence electrons. The van der Waals surface area contributed by atoms with Gasteiger partial charge in [-0.05, 0) is 13.8 Å². The first-order valence-corrected chi connectivity index (χ1v) is 4.95. The average molecular weight is 245 g/mol. The zero-order chi connectivity index (χ0) is 13.3. The van der Waals surface area contributed by atoms with Gasteiger partial charge in [-0.3, -0.25) is 0 Å². The smallest absolute Gasteiger partial charge is 0.415 e. The fraction of sp³-hybridized carbons (Fsp3) is 0.500. The normalized spacial score (nSPS) is 10.4. The Morgan fingerprint density at radius 1 is 1.24 bits per heavy atom. The minimum atomic E-state index is -0.999. The molecule has 0 aromatic heterocycles. The third-order valence-electron chi connectivity index (χ3n) is 1.28. The molecule has 0 aromatic carbocycles. The largest absolute Gasteiger partial charge is 0.460 e. The molecule has 0 fully saturated rings. The van der Waals surface area contributed by atoms with Crippen LogP contribution in [0.5, 0.6) is 0 Å². The molecule has 0 aromatic rings. The lowest BCUT2D eigenvalue weighted by atomic mass is 10.4. The number of carbonyl (C=O) groups is 3. The van der Waals surface area contributed by atoms with Crippen molar-refractivity contribution in [1.29, 1.82) is 0 Å². The Kier molecular flexibility index (Phi) is 7.36.